The molecule has 0 spiro atoms. The third-order valence-electron chi connectivity index (χ3n) is 11.2. The van der Waals surface area contributed by atoms with Gasteiger partial charge in [0.15, 0.2) is 0 Å². The van der Waals surface area contributed by atoms with Gasteiger partial charge in [0.05, 0.1) is 24.7 Å². The van der Waals surface area contributed by atoms with Gasteiger partial charge in [0.1, 0.15) is 0 Å². The van der Waals surface area contributed by atoms with Crippen LogP contribution in [0.2, 0.25) is 0 Å². The number of unbranched alkanes of at least 4 members (excludes halogenated alkanes) is 35. The molecule has 0 radical (unpaired) electrons. The van der Waals surface area contributed by atoms with Crippen molar-refractivity contribution in [1.82, 2.24) is 0 Å². The maximum Gasteiger partial charge on any atom is 1.00 e. The Hall–Kier alpha value is 0.870. The second-order valence-corrected chi connectivity index (χ2v) is 21.1. The van der Waals surface area contributed by atoms with E-state index in [1.165, 1.54) is 193 Å². The average molecular weight is 1020 g/mol. The predicted molar refractivity (Wildman–Crippen MR) is 263 cm³/mol. The van der Waals surface area contributed by atoms with E-state index in [-0.39, 0.29) is 83.8 Å². The van der Waals surface area contributed by atoms with Crippen LogP contribution in [0.1, 0.15) is 265 Å². The van der Waals surface area contributed by atoms with Crippen molar-refractivity contribution in [1.29, 1.82) is 0 Å². The predicted octanol–water partition coefficient (Wildman–Crippen LogP) is 9.21. The first-order chi connectivity index (χ1) is 30.8. The minimum Gasteiger partial charge on any atom is -0.726 e. The van der Waals surface area contributed by atoms with E-state index in [4.69, 9.17) is 4.18 Å². The zero-order valence-corrected chi connectivity index (χ0v) is 49.5. The molecule has 0 heterocycles. The zero-order chi connectivity index (χ0) is 47.7. The van der Waals surface area contributed by atoms with Gasteiger partial charge in [-0.1, -0.05) is 264 Å². The molecule has 0 saturated carbocycles. The van der Waals surface area contributed by atoms with Crippen LogP contribution in [0.3, 0.4) is 0 Å². The second kappa shape index (κ2) is 55.2. The fourth-order valence-corrected chi connectivity index (χ4v) is 8.94. The molecule has 0 atom stereocenters. The number of hydrogen-bond donors (Lipinski definition) is 0. The van der Waals surface area contributed by atoms with Gasteiger partial charge in [-0.15, -0.1) is 0 Å². The molecule has 0 fully saturated rings. The van der Waals surface area contributed by atoms with Gasteiger partial charge in [-0.05, 0) is 31.4 Å². The van der Waals surface area contributed by atoms with Crippen LogP contribution in [0, 0.1) is 0 Å². The summed E-state index contributed by atoms with van der Waals surface area (Å²) >= 11 is 0. The molecule has 0 aliphatic heterocycles. The molecule has 0 aliphatic carbocycles. The van der Waals surface area contributed by atoms with Crippen molar-refractivity contribution in [3.63, 3.8) is 0 Å². The Bertz CT molecular complexity index is 1360. The van der Waals surface area contributed by atoms with Crippen LogP contribution >= 0.6 is 0 Å². The van der Waals surface area contributed by atoms with E-state index in [0.29, 0.717) is 12.8 Å². The largest absolute Gasteiger partial charge is 1.00 e. The molecular weight excluding hydrogens is 919 g/mol. The summed E-state index contributed by atoms with van der Waals surface area (Å²) in [7, 11) is -12.6. The Labute approximate surface area is 452 Å². The Morgan fingerprint density at radius 3 is 0.727 bits per heavy atom. The van der Waals surface area contributed by atoms with E-state index < -0.39 is 30.9 Å². The maximum absolute atomic E-state index is 11.9. The topological polar surface area (TPSA) is 176 Å². The molecule has 11 nitrogen and oxygen atoms in total. The van der Waals surface area contributed by atoms with Crippen LogP contribution < -0.4 is 59.1 Å². The molecule has 0 saturated heterocycles. The van der Waals surface area contributed by atoms with Crippen LogP contribution in [-0.4, -0.2) is 54.2 Å². The summed E-state index contributed by atoms with van der Waals surface area (Å²) < 4.78 is 98.2. The summed E-state index contributed by atoms with van der Waals surface area (Å²) in [5.41, 5.74) is 0. The standard InChI is InChI=1S/C18H30O3S.2C16H34O4S.2Na/c1-2-3-4-5-6-7-8-9-10-14-17-21-22(19,20)18-15-12-11-13-16-18;2*1-2-3-4-5-6-7-8-9-10-11-12-13-14-15-16-20-21(17,18)19;;/h11-13,15-16H,2-10,14,17H2,1H3;2*2-16H2,1H3,(H,17,18,19);;/q;;;2*+1/p-2. The molecule has 1 aromatic rings. The van der Waals surface area contributed by atoms with Gasteiger partial charge >= 0.3 is 59.1 Å². The first-order valence-electron chi connectivity index (χ1n) is 25.9. The average Bonchev–Trinajstić information content (AvgIpc) is 3.25. The van der Waals surface area contributed by atoms with Gasteiger partial charge < -0.3 is 9.11 Å². The van der Waals surface area contributed by atoms with E-state index in [1.807, 2.05) is 0 Å². The Balaban J connectivity index is -0.000000431. The summed E-state index contributed by atoms with van der Waals surface area (Å²) in [6, 6.07) is 8.33. The number of hydrogen-bond acceptors (Lipinski definition) is 11. The summed E-state index contributed by atoms with van der Waals surface area (Å²) in [5.74, 6) is 0. The molecule has 0 bridgehead atoms. The van der Waals surface area contributed by atoms with E-state index in [2.05, 4.69) is 29.1 Å². The first kappa shape index (κ1) is 73.4. The molecule has 66 heavy (non-hydrogen) atoms. The van der Waals surface area contributed by atoms with Crippen molar-refractivity contribution >= 4 is 30.9 Å². The Morgan fingerprint density at radius 2 is 0.515 bits per heavy atom. The molecule has 1 rings (SSSR count). The zero-order valence-electron chi connectivity index (χ0n) is 43.1. The Kier molecular flexibility index (Phi) is 61.4. The monoisotopic (exact) mass is 1010 g/mol. The van der Waals surface area contributed by atoms with Crippen molar-refractivity contribution in [2.45, 2.75) is 270 Å². The minimum atomic E-state index is -4.49. The van der Waals surface area contributed by atoms with Gasteiger partial charge in [0, 0.05) is 0 Å². The van der Waals surface area contributed by atoms with Crippen LogP contribution in [-0.2, 0) is 43.5 Å². The van der Waals surface area contributed by atoms with Crippen molar-refractivity contribution in [3.8, 4) is 0 Å². The summed E-state index contributed by atoms with van der Waals surface area (Å²) in [6.07, 6.45) is 47.1. The fraction of sp³-hybridized carbons (Fsp3) is 0.880. The van der Waals surface area contributed by atoms with Crippen LogP contribution in [0.5, 0.6) is 0 Å². The van der Waals surface area contributed by atoms with E-state index in [1.54, 1.807) is 30.3 Å². The fourth-order valence-electron chi connectivity index (χ4n) is 7.33. The van der Waals surface area contributed by atoms with Crippen molar-refractivity contribution in [2.75, 3.05) is 19.8 Å². The number of rotatable bonds is 45. The maximum atomic E-state index is 11.9. The molecule has 0 aliphatic rings. The van der Waals surface area contributed by atoms with Gasteiger partial charge in [-0.2, -0.15) is 8.42 Å². The molecule has 16 heteroatoms. The Morgan fingerprint density at radius 1 is 0.318 bits per heavy atom. The van der Waals surface area contributed by atoms with Crippen molar-refractivity contribution < 1.29 is 106 Å². The van der Waals surface area contributed by atoms with Crippen molar-refractivity contribution in [3.05, 3.63) is 30.3 Å². The van der Waals surface area contributed by atoms with E-state index in [0.717, 1.165) is 38.5 Å². The summed E-state index contributed by atoms with van der Waals surface area (Å²) in [4.78, 5) is 0.238. The van der Waals surface area contributed by atoms with Gasteiger partial charge in [-0.3, -0.25) is 12.5 Å². The number of benzene rings is 1. The second-order valence-electron chi connectivity index (χ2n) is 17.4. The quantitative estimate of drug-likeness (QED) is 0.0200. The van der Waals surface area contributed by atoms with E-state index >= 15 is 0 Å². The van der Waals surface area contributed by atoms with Crippen molar-refractivity contribution in [2.24, 2.45) is 0 Å². The van der Waals surface area contributed by atoms with Gasteiger partial charge in [0.2, 0.25) is 20.8 Å². The summed E-state index contributed by atoms with van der Waals surface area (Å²) in [5, 5.41) is 0. The third kappa shape index (κ3) is 62.9. The third-order valence-corrected chi connectivity index (χ3v) is 13.5. The van der Waals surface area contributed by atoms with Crippen LogP contribution in [0.25, 0.3) is 0 Å². The van der Waals surface area contributed by atoms with Gasteiger partial charge in [0.25, 0.3) is 10.1 Å². The minimum absolute atomic E-state index is 0. The van der Waals surface area contributed by atoms with E-state index in [9.17, 15) is 34.4 Å². The van der Waals surface area contributed by atoms with Crippen LogP contribution in [0.15, 0.2) is 35.2 Å². The molecule has 0 amide bonds. The molecular formula is C50H96Na2O11S3. The molecule has 1 aromatic carbocycles. The van der Waals surface area contributed by atoms with Gasteiger partial charge in [-0.25, -0.2) is 16.8 Å². The molecule has 0 aromatic heterocycles. The van der Waals surface area contributed by atoms with Crippen LogP contribution in [0.4, 0.5) is 0 Å². The normalized spacial score (nSPS) is 11.5. The molecule has 0 unspecified atom stereocenters. The SMILES string of the molecule is CCCCCCCCCCCCCCCCOS(=O)(=O)[O-].CCCCCCCCCCCCCCCCOS(=O)(=O)[O-].CCCCCCCCCCCCOS(=O)(=O)c1ccccc1.[Na+].[Na+]. The molecule has 0 N–H and O–H groups in total. The molecule has 382 valence electrons. The first-order valence-corrected chi connectivity index (χ1v) is 30.0. The smallest absolute Gasteiger partial charge is 0.726 e. The summed E-state index contributed by atoms with van der Waals surface area (Å²) in [6.45, 7) is 7.08.